The van der Waals surface area contributed by atoms with E-state index in [4.69, 9.17) is 30.5 Å². The van der Waals surface area contributed by atoms with Crippen LogP contribution in [0.1, 0.15) is 80.7 Å². The SMILES string of the molecule is CC(C)(C)OC(=O)O[C@@H]1[C@@H]2[C@H](C[C@@H](Cl)[C@@]1(C)CCO)C(C)(C)[C@]21OC(=O)N(C(=O)OC(C)(C)C)c2ccccc21. The Hall–Kier alpha value is -2.52. The molecule has 1 aliphatic heterocycles. The highest BCUT2D eigenvalue weighted by molar-refractivity contribution is 6.21. The fraction of sp³-hybridized carbons (Fsp3) is 0.700. The Morgan fingerprint density at radius 1 is 1.07 bits per heavy atom. The molecule has 40 heavy (non-hydrogen) atoms. The first kappa shape index (κ1) is 30.4. The molecule has 1 heterocycles. The second-order valence-electron chi connectivity index (χ2n) is 14.0. The van der Waals surface area contributed by atoms with E-state index in [2.05, 4.69) is 0 Å². The van der Waals surface area contributed by atoms with Crippen LogP contribution in [0.15, 0.2) is 24.3 Å². The average Bonchev–Trinajstić information content (AvgIpc) is 2.79. The van der Waals surface area contributed by atoms with Crippen LogP contribution in [0.4, 0.5) is 20.1 Å². The third-order valence-electron chi connectivity index (χ3n) is 8.75. The molecule has 1 N–H and O–H groups in total. The van der Waals surface area contributed by atoms with Crippen LogP contribution in [0.2, 0.25) is 0 Å². The van der Waals surface area contributed by atoms with E-state index >= 15 is 0 Å². The molecule has 0 aromatic heterocycles. The fourth-order valence-corrected chi connectivity index (χ4v) is 7.36. The van der Waals surface area contributed by atoms with E-state index in [1.165, 1.54) is 0 Å². The average molecular weight is 580 g/mol. The maximum atomic E-state index is 13.7. The largest absolute Gasteiger partial charge is 0.509 e. The third kappa shape index (κ3) is 4.73. The summed E-state index contributed by atoms with van der Waals surface area (Å²) in [6.45, 7) is 16.1. The maximum absolute atomic E-state index is 13.7. The molecule has 0 radical (unpaired) electrons. The minimum absolute atomic E-state index is 0.108. The van der Waals surface area contributed by atoms with Crippen LogP contribution in [-0.2, 0) is 24.5 Å². The number of rotatable bonds is 3. The van der Waals surface area contributed by atoms with Crippen LogP contribution in [-0.4, -0.2) is 52.7 Å². The highest BCUT2D eigenvalue weighted by Crippen LogP contribution is 2.74. The van der Waals surface area contributed by atoms with Gasteiger partial charge < -0.3 is 24.1 Å². The number of ether oxygens (including phenoxy) is 4. The van der Waals surface area contributed by atoms with E-state index in [1.807, 2.05) is 32.9 Å². The van der Waals surface area contributed by atoms with Gasteiger partial charge in [-0.25, -0.2) is 14.4 Å². The highest BCUT2D eigenvalue weighted by atomic mass is 35.5. The number of carbonyl (C=O) groups excluding carboxylic acids is 3. The van der Waals surface area contributed by atoms with Crippen LogP contribution in [0, 0.1) is 22.7 Å². The minimum atomic E-state index is -1.26. The standard InChI is InChI=1S/C30H42ClNO8/c1-26(2,3)38-23(34)32-19-13-11-10-12-17(19)30(39-24(32)35)21-18(28(30,7)8)16-20(31)29(9,14-15-33)22(21)37-25(36)40-27(4,5)6/h10-13,18,20-22,33H,14-16H2,1-9H3/t18-,20+,21-,22+,29+,30+/m0/s1. The van der Waals surface area contributed by atoms with E-state index < -0.39 is 63.4 Å². The first-order valence-electron chi connectivity index (χ1n) is 13.8. The van der Waals surface area contributed by atoms with Crippen molar-refractivity contribution < 1.29 is 38.4 Å². The van der Waals surface area contributed by atoms with Crippen LogP contribution >= 0.6 is 11.6 Å². The topological polar surface area (TPSA) is 112 Å². The fourth-order valence-electron chi connectivity index (χ4n) is 6.94. The van der Waals surface area contributed by atoms with Crippen molar-refractivity contribution in [2.45, 2.75) is 103 Å². The first-order chi connectivity index (χ1) is 18.3. The molecular formula is C30H42ClNO8. The molecule has 0 saturated heterocycles. The van der Waals surface area contributed by atoms with E-state index in [9.17, 15) is 19.5 Å². The van der Waals surface area contributed by atoms with E-state index in [1.54, 1.807) is 53.7 Å². The van der Waals surface area contributed by atoms with Gasteiger partial charge >= 0.3 is 18.3 Å². The molecule has 9 nitrogen and oxygen atoms in total. The Bertz CT molecular complexity index is 1190. The summed E-state index contributed by atoms with van der Waals surface area (Å²) in [5.74, 6) is -0.629. The lowest BCUT2D eigenvalue weighted by atomic mass is 9.36. The Kier molecular flexibility index (Phi) is 7.45. The van der Waals surface area contributed by atoms with Gasteiger partial charge in [0.15, 0.2) is 5.60 Å². The van der Waals surface area contributed by atoms with Gasteiger partial charge in [0.1, 0.15) is 17.3 Å². The summed E-state index contributed by atoms with van der Waals surface area (Å²) < 4.78 is 23.5. The number of hydrogen-bond acceptors (Lipinski definition) is 8. The number of anilines is 1. The smallest absolute Gasteiger partial charge is 0.443 e. The number of benzene rings is 1. The van der Waals surface area contributed by atoms with Gasteiger partial charge in [-0.1, -0.05) is 39.0 Å². The summed E-state index contributed by atoms with van der Waals surface area (Å²) in [5.41, 5.74) is -3.43. The van der Waals surface area contributed by atoms with Crippen molar-refractivity contribution in [3.05, 3.63) is 29.8 Å². The molecule has 2 amide bonds. The lowest BCUT2D eigenvalue weighted by Gasteiger charge is -2.72. The second-order valence-corrected chi connectivity index (χ2v) is 14.5. The number of nitrogens with zero attached hydrogens (tertiary/aromatic N) is 1. The quantitative estimate of drug-likeness (QED) is 0.237. The summed E-state index contributed by atoms with van der Waals surface area (Å²) >= 11 is 7.00. The number of carbonyl (C=O) groups is 3. The molecule has 1 aromatic rings. The normalized spacial score (nSPS) is 32.8. The number of imide groups is 1. The number of aliphatic hydroxyl groups is 1. The molecule has 6 atom stereocenters. The number of aliphatic hydroxyl groups excluding tert-OH is 1. The number of para-hydroxylation sites is 1. The summed E-state index contributed by atoms with van der Waals surface area (Å²) in [6.07, 6.45) is -2.62. The molecule has 2 fully saturated rings. The molecule has 0 unspecified atom stereocenters. The Balaban J connectivity index is 1.87. The van der Waals surface area contributed by atoms with Gasteiger partial charge in [-0.2, -0.15) is 4.90 Å². The number of hydrogen-bond donors (Lipinski definition) is 1. The van der Waals surface area contributed by atoms with Gasteiger partial charge in [0, 0.05) is 34.3 Å². The van der Waals surface area contributed by atoms with Crippen molar-refractivity contribution >= 4 is 35.6 Å². The van der Waals surface area contributed by atoms with Crippen molar-refractivity contribution in [1.82, 2.24) is 0 Å². The van der Waals surface area contributed by atoms with Crippen LogP contribution in [0.5, 0.6) is 0 Å². The molecule has 2 saturated carbocycles. The molecule has 0 bridgehead atoms. The van der Waals surface area contributed by atoms with Gasteiger partial charge in [0.25, 0.3) is 0 Å². The van der Waals surface area contributed by atoms with Gasteiger partial charge in [-0.3, -0.25) is 0 Å². The Morgan fingerprint density at radius 2 is 1.68 bits per heavy atom. The number of amides is 2. The lowest BCUT2D eigenvalue weighted by molar-refractivity contribution is -0.314. The van der Waals surface area contributed by atoms with E-state index in [0.717, 1.165) is 4.90 Å². The Labute approximate surface area is 241 Å². The zero-order chi connectivity index (χ0) is 30.1. The van der Waals surface area contributed by atoms with Gasteiger partial charge in [0.2, 0.25) is 0 Å². The summed E-state index contributed by atoms with van der Waals surface area (Å²) in [5, 5.41) is 9.60. The predicted octanol–water partition coefficient (Wildman–Crippen LogP) is 6.77. The second kappa shape index (κ2) is 9.79. The molecule has 1 spiro atoms. The molecule has 222 valence electrons. The molecule has 4 rings (SSSR count). The van der Waals surface area contributed by atoms with Crippen LogP contribution in [0.3, 0.4) is 0 Å². The Morgan fingerprint density at radius 3 is 2.25 bits per heavy atom. The van der Waals surface area contributed by atoms with Gasteiger partial charge in [-0.15, -0.1) is 11.6 Å². The van der Waals surface area contributed by atoms with Crippen molar-refractivity contribution in [3.63, 3.8) is 0 Å². The summed E-state index contributed by atoms with van der Waals surface area (Å²) in [6, 6.07) is 7.08. The summed E-state index contributed by atoms with van der Waals surface area (Å²) in [7, 11) is 0. The molecule has 3 aliphatic rings. The molecule has 1 aromatic carbocycles. The van der Waals surface area contributed by atoms with Crippen molar-refractivity contribution in [2.75, 3.05) is 11.5 Å². The van der Waals surface area contributed by atoms with Gasteiger partial charge in [-0.05, 0) is 66.4 Å². The number of fused-ring (bicyclic) bond motifs is 4. The zero-order valence-corrected chi connectivity index (χ0v) is 25.6. The predicted molar refractivity (Wildman–Crippen MR) is 149 cm³/mol. The number of halogens is 1. The van der Waals surface area contributed by atoms with Crippen LogP contribution < -0.4 is 4.90 Å². The molecular weight excluding hydrogens is 538 g/mol. The lowest BCUT2D eigenvalue weighted by Crippen LogP contribution is -2.77. The van der Waals surface area contributed by atoms with E-state index in [0.29, 0.717) is 17.7 Å². The minimum Gasteiger partial charge on any atom is -0.443 e. The summed E-state index contributed by atoms with van der Waals surface area (Å²) in [4.78, 5) is 40.9. The van der Waals surface area contributed by atoms with Crippen LogP contribution in [0.25, 0.3) is 0 Å². The van der Waals surface area contributed by atoms with Gasteiger partial charge in [0.05, 0.1) is 5.69 Å². The van der Waals surface area contributed by atoms with Crippen molar-refractivity contribution in [1.29, 1.82) is 0 Å². The van der Waals surface area contributed by atoms with Crippen molar-refractivity contribution in [2.24, 2.45) is 22.7 Å². The maximum Gasteiger partial charge on any atom is 0.509 e. The number of alkyl halides is 1. The zero-order valence-electron chi connectivity index (χ0n) is 24.9. The molecule has 2 aliphatic carbocycles. The first-order valence-corrected chi connectivity index (χ1v) is 14.2. The third-order valence-corrected chi connectivity index (χ3v) is 9.43. The van der Waals surface area contributed by atoms with Crippen molar-refractivity contribution in [3.8, 4) is 0 Å². The monoisotopic (exact) mass is 579 g/mol. The highest BCUT2D eigenvalue weighted by Gasteiger charge is 2.79. The molecule has 10 heteroatoms. The van der Waals surface area contributed by atoms with E-state index in [-0.39, 0.29) is 18.9 Å².